The van der Waals surface area contributed by atoms with Crippen LogP contribution in [0.3, 0.4) is 0 Å². The van der Waals surface area contributed by atoms with Crippen molar-refractivity contribution in [1.29, 1.82) is 0 Å². The molecule has 1 amide bonds. The van der Waals surface area contributed by atoms with Crippen molar-refractivity contribution in [2.75, 3.05) is 25.6 Å². The second-order valence-corrected chi connectivity index (χ2v) is 7.81. The van der Waals surface area contributed by atoms with Crippen LogP contribution in [0, 0.1) is 0 Å². The molecule has 1 aromatic carbocycles. The number of rotatable bonds is 9. The number of nitrogens with zero attached hydrogens (tertiary/aromatic N) is 4. The van der Waals surface area contributed by atoms with E-state index in [1.807, 2.05) is 30.3 Å². The van der Waals surface area contributed by atoms with E-state index in [1.165, 1.54) is 0 Å². The van der Waals surface area contributed by atoms with E-state index in [-0.39, 0.29) is 5.91 Å². The molecule has 0 unspecified atom stereocenters. The molecule has 9 nitrogen and oxygen atoms in total. The van der Waals surface area contributed by atoms with Crippen LogP contribution >= 0.6 is 0 Å². The Bertz CT molecular complexity index is 1250. The van der Waals surface area contributed by atoms with Crippen LogP contribution in [0.1, 0.15) is 23.2 Å². The molecular formula is C24H24N6O3. The standard InChI is InChI=1S/C24H24N6O3/c1-32-12-11-26-21-13-22(33-19-3-2-10-25-14-19)29-23-20(15-27-30(21)23)16-4-6-17(7-5-16)24(31)28-18-8-9-18/h2-7,10,13-15,18,26H,8-9,11-12H2,1H3,(H,28,31). The maximum atomic E-state index is 12.3. The Kier molecular flexibility index (Phi) is 5.86. The summed E-state index contributed by atoms with van der Waals surface area (Å²) in [6.07, 6.45) is 7.19. The van der Waals surface area contributed by atoms with Crippen LogP contribution in [0.5, 0.6) is 11.6 Å². The van der Waals surface area contributed by atoms with Gasteiger partial charge >= 0.3 is 0 Å². The molecule has 168 valence electrons. The monoisotopic (exact) mass is 444 g/mol. The molecule has 3 heterocycles. The Balaban J connectivity index is 1.48. The van der Waals surface area contributed by atoms with Gasteiger partial charge in [-0.15, -0.1) is 0 Å². The fourth-order valence-corrected chi connectivity index (χ4v) is 3.43. The minimum atomic E-state index is -0.0428. The lowest BCUT2D eigenvalue weighted by Crippen LogP contribution is -2.25. The van der Waals surface area contributed by atoms with Gasteiger partial charge in [0, 0.05) is 43.1 Å². The molecule has 1 fully saturated rings. The molecule has 0 saturated heterocycles. The zero-order chi connectivity index (χ0) is 22.6. The lowest BCUT2D eigenvalue weighted by atomic mass is 10.1. The molecule has 0 bridgehead atoms. The normalized spacial score (nSPS) is 13.1. The quantitative estimate of drug-likeness (QED) is 0.381. The Morgan fingerprint density at radius 3 is 2.76 bits per heavy atom. The van der Waals surface area contributed by atoms with Gasteiger partial charge in [0.25, 0.3) is 5.91 Å². The number of carbonyl (C=O) groups is 1. The van der Waals surface area contributed by atoms with E-state index in [1.54, 1.807) is 42.3 Å². The molecule has 3 aromatic heterocycles. The highest BCUT2D eigenvalue weighted by Crippen LogP contribution is 2.29. The summed E-state index contributed by atoms with van der Waals surface area (Å²) < 4.78 is 12.8. The molecule has 0 aliphatic heterocycles. The van der Waals surface area contributed by atoms with Gasteiger partial charge in [0.15, 0.2) is 5.65 Å². The predicted octanol–water partition coefficient (Wildman–Crippen LogP) is 3.53. The lowest BCUT2D eigenvalue weighted by Gasteiger charge is -2.11. The number of anilines is 1. The molecular weight excluding hydrogens is 420 g/mol. The van der Waals surface area contributed by atoms with Crippen molar-refractivity contribution in [2.45, 2.75) is 18.9 Å². The van der Waals surface area contributed by atoms with Crippen molar-refractivity contribution in [3.8, 4) is 22.8 Å². The average molecular weight is 444 g/mol. The molecule has 0 atom stereocenters. The first-order chi connectivity index (χ1) is 16.2. The third kappa shape index (κ3) is 4.78. The summed E-state index contributed by atoms with van der Waals surface area (Å²) in [4.78, 5) is 21.1. The van der Waals surface area contributed by atoms with Gasteiger partial charge in [0.1, 0.15) is 11.6 Å². The largest absolute Gasteiger partial charge is 0.437 e. The third-order valence-electron chi connectivity index (χ3n) is 5.29. The second-order valence-electron chi connectivity index (χ2n) is 7.81. The maximum absolute atomic E-state index is 12.3. The molecule has 0 radical (unpaired) electrons. The maximum Gasteiger partial charge on any atom is 0.251 e. The first kappa shape index (κ1) is 20.9. The van der Waals surface area contributed by atoms with Gasteiger partial charge < -0.3 is 20.1 Å². The Labute approximate surface area is 190 Å². The van der Waals surface area contributed by atoms with Crippen LogP contribution in [-0.4, -0.2) is 51.8 Å². The van der Waals surface area contributed by atoms with Gasteiger partial charge in [-0.25, -0.2) is 0 Å². The smallest absolute Gasteiger partial charge is 0.251 e. The Hall–Kier alpha value is -3.98. The van der Waals surface area contributed by atoms with E-state index >= 15 is 0 Å². The first-order valence-electron chi connectivity index (χ1n) is 10.8. The molecule has 9 heteroatoms. The van der Waals surface area contributed by atoms with Gasteiger partial charge in [-0.05, 0) is 42.7 Å². The number of carbonyl (C=O) groups excluding carboxylic acids is 1. The number of benzene rings is 1. The number of ether oxygens (including phenoxy) is 2. The van der Waals surface area contributed by atoms with E-state index in [0.717, 1.165) is 29.8 Å². The number of aromatic nitrogens is 4. The molecule has 5 rings (SSSR count). The number of fused-ring (bicyclic) bond motifs is 1. The number of pyridine rings is 1. The number of methoxy groups -OCH3 is 1. The summed E-state index contributed by atoms with van der Waals surface area (Å²) in [5.41, 5.74) is 3.00. The van der Waals surface area contributed by atoms with Crippen molar-refractivity contribution in [2.24, 2.45) is 0 Å². The molecule has 33 heavy (non-hydrogen) atoms. The van der Waals surface area contributed by atoms with Crippen LogP contribution in [0.25, 0.3) is 16.8 Å². The van der Waals surface area contributed by atoms with Crippen molar-refractivity contribution >= 4 is 17.4 Å². The number of nitrogens with one attached hydrogen (secondary N) is 2. The van der Waals surface area contributed by atoms with Crippen molar-refractivity contribution in [3.05, 3.63) is 66.6 Å². The Morgan fingerprint density at radius 2 is 2.03 bits per heavy atom. The summed E-state index contributed by atoms with van der Waals surface area (Å²) in [7, 11) is 1.65. The van der Waals surface area contributed by atoms with Gasteiger partial charge in [-0.2, -0.15) is 14.6 Å². The van der Waals surface area contributed by atoms with E-state index in [2.05, 4.69) is 20.7 Å². The molecule has 1 aliphatic carbocycles. The molecule has 2 N–H and O–H groups in total. The summed E-state index contributed by atoms with van der Waals surface area (Å²) in [6, 6.07) is 13.2. The van der Waals surface area contributed by atoms with Crippen LogP contribution < -0.4 is 15.4 Å². The average Bonchev–Trinajstić information content (AvgIpc) is 3.55. The van der Waals surface area contributed by atoms with Crippen LogP contribution in [0.15, 0.2) is 61.1 Å². The van der Waals surface area contributed by atoms with Gasteiger partial charge in [-0.3, -0.25) is 9.78 Å². The third-order valence-corrected chi connectivity index (χ3v) is 5.29. The number of amides is 1. The SMILES string of the molecule is COCCNc1cc(Oc2cccnc2)nc2c(-c3ccc(C(=O)NC4CC4)cc3)cnn12. The van der Waals surface area contributed by atoms with Gasteiger partial charge in [-0.1, -0.05) is 12.1 Å². The van der Waals surface area contributed by atoms with Crippen molar-refractivity contribution in [1.82, 2.24) is 24.9 Å². The second kappa shape index (κ2) is 9.25. The highest BCUT2D eigenvalue weighted by Gasteiger charge is 2.23. The summed E-state index contributed by atoms with van der Waals surface area (Å²) in [6.45, 7) is 1.14. The number of hydrogen-bond donors (Lipinski definition) is 2. The highest BCUT2D eigenvalue weighted by atomic mass is 16.5. The van der Waals surface area contributed by atoms with Gasteiger partial charge in [0.05, 0.1) is 19.0 Å². The minimum absolute atomic E-state index is 0.0428. The van der Waals surface area contributed by atoms with Crippen LogP contribution in [0.4, 0.5) is 5.82 Å². The zero-order valence-electron chi connectivity index (χ0n) is 18.2. The molecule has 1 saturated carbocycles. The van der Waals surface area contributed by atoms with Crippen molar-refractivity contribution in [3.63, 3.8) is 0 Å². The zero-order valence-corrected chi connectivity index (χ0v) is 18.2. The van der Waals surface area contributed by atoms with Crippen LogP contribution in [-0.2, 0) is 4.74 Å². The lowest BCUT2D eigenvalue weighted by molar-refractivity contribution is 0.0951. The minimum Gasteiger partial charge on any atom is -0.437 e. The van der Waals surface area contributed by atoms with Crippen molar-refractivity contribution < 1.29 is 14.3 Å². The van der Waals surface area contributed by atoms with Crippen LogP contribution in [0.2, 0.25) is 0 Å². The predicted molar refractivity (Wildman–Crippen MR) is 124 cm³/mol. The summed E-state index contributed by atoms with van der Waals surface area (Å²) in [5.74, 6) is 1.68. The fraction of sp³-hybridized carbons (Fsp3) is 0.250. The highest BCUT2D eigenvalue weighted by molar-refractivity contribution is 5.95. The topological polar surface area (TPSA) is 103 Å². The fourth-order valence-electron chi connectivity index (χ4n) is 3.43. The van der Waals surface area contributed by atoms with E-state index in [9.17, 15) is 4.79 Å². The van der Waals surface area contributed by atoms with Gasteiger partial charge in [0.2, 0.25) is 5.88 Å². The molecule has 1 aliphatic rings. The van der Waals surface area contributed by atoms with E-state index in [0.29, 0.717) is 42.0 Å². The van der Waals surface area contributed by atoms with E-state index in [4.69, 9.17) is 14.5 Å². The number of hydrogen-bond acceptors (Lipinski definition) is 7. The Morgan fingerprint density at radius 1 is 1.18 bits per heavy atom. The summed E-state index contributed by atoms with van der Waals surface area (Å²) >= 11 is 0. The summed E-state index contributed by atoms with van der Waals surface area (Å²) in [5, 5.41) is 10.9. The first-order valence-corrected chi connectivity index (χ1v) is 10.8. The molecule has 4 aromatic rings. The molecule has 0 spiro atoms. The van der Waals surface area contributed by atoms with E-state index < -0.39 is 0 Å².